The molecule has 2 aromatic carbocycles. The minimum absolute atomic E-state index is 0.0402. The number of rotatable bonds is 7. The molecule has 0 saturated carbocycles. The van der Waals surface area contributed by atoms with Crippen LogP contribution in [-0.2, 0) is 16.6 Å². The largest absolute Gasteiger partial charge is 0.493 e. The van der Waals surface area contributed by atoms with Gasteiger partial charge >= 0.3 is 0 Å². The minimum atomic E-state index is -3.79. The summed E-state index contributed by atoms with van der Waals surface area (Å²) < 4.78 is 42.8. The molecule has 3 aromatic rings. The van der Waals surface area contributed by atoms with E-state index < -0.39 is 10.0 Å². The lowest BCUT2D eigenvalue weighted by atomic mass is 10.1. The molecule has 1 heterocycles. The molecule has 0 aliphatic carbocycles. The molecule has 0 saturated heterocycles. The van der Waals surface area contributed by atoms with Crippen molar-refractivity contribution in [2.75, 3.05) is 14.2 Å². The minimum Gasteiger partial charge on any atom is -0.493 e. The van der Waals surface area contributed by atoms with E-state index in [1.54, 1.807) is 0 Å². The fraction of sp³-hybridized carbons (Fsp3) is 0.222. The van der Waals surface area contributed by atoms with Crippen molar-refractivity contribution in [2.24, 2.45) is 0 Å². The summed E-state index contributed by atoms with van der Waals surface area (Å²) in [6, 6.07) is 11.9. The van der Waals surface area contributed by atoms with E-state index in [1.165, 1.54) is 32.4 Å². The standard InChI is InChI=1S/C18H19N3O5S/c1-12-4-6-13(7-5-12)18-20-17(26-21-18)11-19-27(22,23)14-8-9-15(24-2)16(10-14)25-3/h4-10,19H,11H2,1-3H3. The summed E-state index contributed by atoms with van der Waals surface area (Å²) in [5, 5.41) is 3.88. The lowest BCUT2D eigenvalue weighted by Gasteiger charge is -2.10. The molecule has 0 aliphatic heterocycles. The first kappa shape index (κ1) is 18.9. The van der Waals surface area contributed by atoms with Crippen molar-refractivity contribution in [3.8, 4) is 22.9 Å². The summed E-state index contributed by atoms with van der Waals surface area (Å²) in [5.41, 5.74) is 1.91. The Morgan fingerprint density at radius 3 is 2.41 bits per heavy atom. The molecule has 0 atom stereocenters. The molecule has 0 fully saturated rings. The first-order valence-electron chi connectivity index (χ1n) is 8.04. The highest BCUT2D eigenvalue weighted by molar-refractivity contribution is 7.89. The molecule has 0 unspecified atom stereocenters. The van der Waals surface area contributed by atoms with Crippen LogP contribution in [0.5, 0.6) is 11.5 Å². The predicted molar refractivity (Wildman–Crippen MR) is 98.0 cm³/mol. The molecule has 0 radical (unpaired) electrons. The average Bonchev–Trinajstić information content (AvgIpc) is 3.15. The van der Waals surface area contributed by atoms with Crippen LogP contribution in [0.4, 0.5) is 0 Å². The molecule has 142 valence electrons. The molecule has 0 spiro atoms. The van der Waals surface area contributed by atoms with Gasteiger partial charge in [-0.15, -0.1) is 0 Å². The molecular weight excluding hydrogens is 370 g/mol. The number of aryl methyl sites for hydroxylation is 1. The number of ether oxygens (including phenoxy) is 2. The van der Waals surface area contributed by atoms with Crippen molar-refractivity contribution in [2.45, 2.75) is 18.4 Å². The number of aromatic nitrogens is 2. The third-order valence-corrected chi connectivity index (χ3v) is 5.26. The fourth-order valence-corrected chi connectivity index (χ4v) is 3.36. The Hall–Kier alpha value is -2.91. The summed E-state index contributed by atoms with van der Waals surface area (Å²) >= 11 is 0. The number of nitrogens with zero attached hydrogens (tertiary/aromatic N) is 2. The van der Waals surface area contributed by atoms with Crippen molar-refractivity contribution >= 4 is 10.0 Å². The summed E-state index contributed by atoms with van der Waals surface area (Å²) in [4.78, 5) is 4.26. The molecular formula is C18H19N3O5S. The van der Waals surface area contributed by atoms with Gasteiger partial charge in [0.25, 0.3) is 0 Å². The first-order chi connectivity index (χ1) is 12.9. The highest BCUT2D eigenvalue weighted by Crippen LogP contribution is 2.29. The molecule has 8 nitrogen and oxygen atoms in total. The van der Waals surface area contributed by atoms with Gasteiger partial charge in [-0.1, -0.05) is 35.0 Å². The zero-order valence-corrected chi connectivity index (χ0v) is 15.9. The second kappa shape index (κ2) is 7.77. The van der Waals surface area contributed by atoms with E-state index in [9.17, 15) is 8.42 Å². The van der Waals surface area contributed by atoms with Crippen LogP contribution in [0.1, 0.15) is 11.5 Å². The Labute approximate surface area is 157 Å². The van der Waals surface area contributed by atoms with Crippen LogP contribution >= 0.6 is 0 Å². The number of nitrogens with one attached hydrogen (secondary N) is 1. The molecule has 27 heavy (non-hydrogen) atoms. The number of sulfonamides is 1. The Balaban J connectivity index is 1.73. The van der Waals surface area contributed by atoms with Crippen LogP contribution in [0.3, 0.4) is 0 Å². The van der Waals surface area contributed by atoms with Crippen molar-refractivity contribution < 1.29 is 22.4 Å². The van der Waals surface area contributed by atoms with E-state index in [2.05, 4.69) is 14.9 Å². The van der Waals surface area contributed by atoms with Gasteiger partial charge in [0.1, 0.15) is 0 Å². The second-order valence-corrected chi connectivity index (χ2v) is 7.49. The summed E-state index contributed by atoms with van der Waals surface area (Å²) in [6.45, 7) is 1.85. The Kier molecular flexibility index (Phi) is 5.43. The smallest absolute Gasteiger partial charge is 0.242 e. The van der Waals surface area contributed by atoms with Gasteiger partial charge in [0.05, 0.1) is 25.7 Å². The van der Waals surface area contributed by atoms with Crippen molar-refractivity contribution in [3.05, 3.63) is 53.9 Å². The molecule has 3 rings (SSSR count). The van der Waals surface area contributed by atoms with Crippen LogP contribution in [-0.4, -0.2) is 32.8 Å². The third kappa shape index (κ3) is 4.26. The Morgan fingerprint density at radius 1 is 1.04 bits per heavy atom. The van der Waals surface area contributed by atoms with Crippen molar-refractivity contribution in [1.82, 2.24) is 14.9 Å². The molecule has 1 aromatic heterocycles. The van der Waals surface area contributed by atoms with Gasteiger partial charge in [0.15, 0.2) is 11.5 Å². The lowest BCUT2D eigenvalue weighted by Crippen LogP contribution is -2.23. The van der Waals surface area contributed by atoms with Crippen molar-refractivity contribution in [3.63, 3.8) is 0 Å². The van der Waals surface area contributed by atoms with Gasteiger partial charge in [-0.3, -0.25) is 0 Å². The van der Waals surface area contributed by atoms with Gasteiger partial charge in [0.2, 0.25) is 21.7 Å². The topological polar surface area (TPSA) is 104 Å². The number of methoxy groups -OCH3 is 2. The summed E-state index contributed by atoms with van der Waals surface area (Å²) in [6.07, 6.45) is 0. The average molecular weight is 389 g/mol. The highest BCUT2D eigenvalue weighted by atomic mass is 32.2. The SMILES string of the molecule is COc1ccc(S(=O)(=O)NCc2nc(-c3ccc(C)cc3)no2)cc1OC. The summed E-state index contributed by atoms with van der Waals surface area (Å²) in [7, 11) is -0.875. The molecule has 0 aliphatic rings. The maximum Gasteiger partial charge on any atom is 0.242 e. The summed E-state index contributed by atoms with van der Waals surface area (Å²) in [5.74, 6) is 1.32. The zero-order valence-electron chi connectivity index (χ0n) is 15.1. The molecule has 1 N–H and O–H groups in total. The highest BCUT2D eigenvalue weighted by Gasteiger charge is 2.18. The van der Waals surface area contributed by atoms with Gasteiger partial charge in [0, 0.05) is 11.6 Å². The van der Waals surface area contributed by atoms with E-state index in [1.807, 2.05) is 31.2 Å². The Bertz CT molecular complexity index is 1030. The lowest BCUT2D eigenvalue weighted by molar-refractivity contribution is 0.353. The second-order valence-electron chi connectivity index (χ2n) is 5.72. The van der Waals surface area contributed by atoms with Crippen LogP contribution in [0, 0.1) is 6.92 Å². The van der Waals surface area contributed by atoms with Gasteiger partial charge in [-0.25, -0.2) is 13.1 Å². The van der Waals surface area contributed by atoms with Crippen LogP contribution in [0.25, 0.3) is 11.4 Å². The van der Waals surface area contributed by atoms with Crippen LogP contribution in [0.15, 0.2) is 51.9 Å². The molecule has 0 amide bonds. The van der Waals surface area contributed by atoms with E-state index in [0.29, 0.717) is 17.3 Å². The molecule has 0 bridgehead atoms. The van der Waals surface area contributed by atoms with Crippen LogP contribution < -0.4 is 14.2 Å². The Morgan fingerprint density at radius 2 is 1.74 bits per heavy atom. The van der Waals surface area contributed by atoms with E-state index in [4.69, 9.17) is 14.0 Å². The fourth-order valence-electron chi connectivity index (χ4n) is 2.37. The monoisotopic (exact) mass is 389 g/mol. The van der Waals surface area contributed by atoms with Gasteiger partial charge in [-0.2, -0.15) is 4.98 Å². The number of hydrogen-bond donors (Lipinski definition) is 1. The van der Waals surface area contributed by atoms with E-state index in [0.717, 1.165) is 11.1 Å². The van der Waals surface area contributed by atoms with Gasteiger partial charge < -0.3 is 14.0 Å². The quantitative estimate of drug-likeness (QED) is 0.662. The van der Waals surface area contributed by atoms with Crippen LogP contribution in [0.2, 0.25) is 0 Å². The third-order valence-electron chi connectivity index (χ3n) is 3.86. The number of hydrogen-bond acceptors (Lipinski definition) is 7. The van der Waals surface area contributed by atoms with Crippen molar-refractivity contribution in [1.29, 1.82) is 0 Å². The maximum absolute atomic E-state index is 12.5. The predicted octanol–water partition coefficient (Wildman–Crippen LogP) is 2.54. The van der Waals surface area contributed by atoms with E-state index in [-0.39, 0.29) is 17.3 Å². The van der Waals surface area contributed by atoms with E-state index >= 15 is 0 Å². The normalized spacial score (nSPS) is 11.4. The van der Waals surface area contributed by atoms with Gasteiger partial charge in [-0.05, 0) is 19.1 Å². The first-order valence-corrected chi connectivity index (χ1v) is 9.52. The zero-order chi connectivity index (χ0) is 19.4. The molecule has 9 heteroatoms. The maximum atomic E-state index is 12.5. The number of benzene rings is 2.